The molecule has 0 unspecified atom stereocenters. The lowest BCUT2D eigenvalue weighted by atomic mass is 9.89. The number of nitrogens with zero attached hydrogens (tertiary/aromatic N) is 3. The van der Waals surface area contributed by atoms with Crippen LogP contribution in [0.2, 0.25) is 0 Å². The lowest BCUT2D eigenvalue weighted by molar-refractivity contribution is 0.214. The Balaban J connectivity index is 1.18. The summed E-state index contributed by atoms with van der Waals surface area (Å²) in [6.07, 6.45) is 6.93. The van der Waals surface area contributed by atoms with Crippen LogP contribution in [-0.2, 0) is 12.8 Å². The van der Waals surface area contributed by atoms with Crippen LogP contribution in [0.25, 0.3) is 16.6 Å². The summed E-state index contributed by atoms with van der Waals surface area (Å²) in [5.74, 6) is 0.124. The number of aromatic nitrogens is 2. The van der Waals surface area contributed by atoms with Gasteiger partial charge in [0.1, 0.15) is 17.0 Å². The van der Waals surface area contributed by atoms with E-state index in [9.17, 15) is 9.18 Å². The van der Waals surface area contributed by atoms with Crippen LogP contribution in [0.4, 0.5) is 4.39 Å². The highest BCUT2D eigenvalue weighted by Crippen LogP contribution is 2.34. The minimum Gasteiger partial charge on any atom is -0.464 e. The van der Waals surface area contributed by atoms with Gasteiger partial charge in [0.05, 0.1) is 12.0 Å². The number of halogens is 1. The summed E-state index contributed by atoms with van der Waals surface area (Å²) in [5, 5.41) is 1.01. The third kappa shape index (κ3) is 4.44. The van der Waals surface area contributed by atoms with E-state index in [0.717, 1.165) is 54.7 Å². The van der Waals surface area contributed by atoms with Gasteiger partial charge in [-0.3, -0.25) is 9.20 Å². The molecule has 182 valence electrons. The van der Waals surface area contributed by atoms with Crippen molar-refractivity contribution >= 4 is 16.6 Å². The molecule has 0 amide bonds. The maximum absolute atomic E-state index is 13.5. The molecule has 1 aliphatic rings. The molecule has 0 N–H and O–H groups in total. The first-order valence-electron chi connectivity index (χ1n) is 12.6. The molecule has 0 spiro atoms. The summed E-state index contributed by atoms with van der Waals surface area (Å²) in [6.45, 7) is 2.73. The third-order valence-corrected chi connectivity index (χ3v) is 7.40. The fraction of sp³-hybridized carbons (Fsp3) is 0.267. The summed E-state index contributed by atoms with van der Waals surface area (Å²) in [6, 6.07) is 20.7. The fourth-order valence-electron chi connectivity index (χ4n) is 5.43. The number of hydrogen-bond donors (Lipinski definition) is 0. The minimum atomic E-state index is -0.274. The van der Waals surface area contributed by atoms with Crippen molar-refractivity contribution in [2.45, 2.75) is 31.6 Å². The van der Waals surface area contributed by atoms with Crippen LogP contribution in [0.1, 0.15) is 41.1 Å². The van der Waals surface area contributed by atoms with Crippen molar-refractivity contribution in [2.75, 3.05) is 19.6 Å². The molecule has 0 radical (unpaired) electrons. The minimum absolute atomic E-state index is 0.0264. The highest BCUT2D eigenvalue weighted by Gasteiger charge is 2.24. The Labute approximate surface area is 208 Å². The average Bonchev–Trinajstić information content (AvgIpc) is 3.32. The number of fused-ring (bicyclic) bond motifs is 2. The molecular weight excluding hydrogens is 453 g/mol. The highest BCUT2D eigenvalue weighted by atomic mass is 19.1. The standard InChI is InChI=1S/C30H28FN3O2/c31-23-9-10-24-26(20-36-28(24)19-23)22-11-15-33(16-12-22)17-13-25-27(18-21-6-2-1-3-7-21)32-29-8-4-5-14-34(29)30(25)35/h1-10,14,19-20,22H,11-13,15-18H2. The second kappa shape index (κ2) is 9.70. The Hall–Kier alpha value is -3.77. The monoisotopic (exact) mass is 481 g/mol. The second-order valence-corrected chi connectivity index (χ2v) is 9.63. The predicted octanol–water partition coefficient (Wildman–Crippen LogP) is 5.59. The van der Waals surface area contributed by atoms with Crippen molar-refractivity contribution in [1.82, 2.24) is 14.3 Å². The van der Waals surface area contributed by atoms with Crippen LogP contribution in [0, 0.1) is 5.82 Å². The number of pyridine rings is 1. The van der Waals surface area contributed by atoms with Gasteiger partial charge in [0.25, 0.3) is 5.56 Å². The molecular formula is C30H28FN3O2. The molecule has 1 fully saturated rings. The van der Waals surface area contributed by atoms with Crippen LogP contribution in [-0.4, -0.2) is 33.9 Å². The number of benzene rings is 2. The van der Waals surface area contributed by atoms with E-state index in [1.165, 1.54) is 17.7 Å². The number of hydrogen-bond acceptors (Lipinski definition) is 4. The molecule has 36 heavy (non-hydrogen) atoms. The predicted molar refractivity (Wildman–Crippen MR) is 139 cm³/mol. The van der Waals surface area contributed by atoms with Crippen LogP contribution >= 0.6 is 0 Å². The first-order chi connectivity index (χ1) is 17.7. The van der Waals surface area contributed by atoms with Crippen molar-refractivity contribution in [3.63, 3.8) is 0 Å². The molecule has 5 nitrogen and oxygen atoms in total. The van der Waals surface area contributed by atoms with E-state index in [1.54, 1.807) is 16.9 Å². The molecule has 6 rings (SSSR count). The molecule has 3 aromatic heterocycles. The van der Waals surface area contributed by atoms with E-state index < -0.39 is 0 Å². The van der Waals surface area contributed by atoms with Crippen LogP contribution in [0.15, 0.2) is 88.4 Å². The quantitative estimate of drug-likeness (QED) is 0.317. The zero-order chi connectivity index (χ0) is 24.5. The van der Waals surface area contributed by atoms with Crippen LogP contribution in [0.5, 0.6) is 0 Å². The zero-order valence-corrected chi connectivity index (χ0v) is 20.1. The van der Waals surface area contributed by atoms with E-state index >= 15 is 0 Å². The number of piperidine rings is 1. The summed E-state index contributed by atoms with van der Waals surface area (Å²) < 4.78 is 20.8. The fourth-order valence-corrected chi connectivity index (χ4v) is 5.43. The topological polar surface area (TPSA) is 50.8 Å². The zero-order valence-electron chi connectivity index (χ0n) is 20.1. The van der Waals surface area contributed by atoms with Gasteiger partial charge in [0, 0.05) is 41.7 Å². The molecule has 4 heterocycles. The molecule has 6 heteroatoms. The Bertz CT molecular complexity index is 1570. The van der Waals surface area contributed by atoms with Gasteiger partial charge in [-0.2, -0.15) is 0 Å². The van der Waals surface area contributed by atoms with Crippen molar-refractivity contribution in [3.8, 4) is 0 Å². The molecule has 5 aromatic rings. The second-order valence-electron chi connectivity index (χ2n) is 9.63. The van der Waals surface area contributed by atoms with Crippen molar-refractivity contribution in [3.05, 3.63) is 118 Å². The van der Waals surface area contributed by atoms with Crippen molar-refractivity contribution in [2.24, 2.45) is 0 Å². The SMILES string of the molecule is O=c1c(CCN2CCC(c3coc4cc(F)ccc34)CC2)c(Cc2ccccc2)nc2ccccn12. The normalized spacial score (nSPS) is 15.1. The molecule has 1 saturated heterocycles. The van der Waals surface area contributed by atoms with Gasteiger partial charge >= 0.3 is 0 Å². The first kappa shape index (κ1) is 22.7. The Morgan fingerprint density at radius 3 is 2.64 bits per heavy atom. The molecule has 2 aromatic carbocycles. The first-order valence-corrected chi connectivity index (χ1v) is 12.6. The van der Waals surface area contributed by atoms with Gasteiger partial charge in [-0.1, -0.05) is 36.4 Å². The maximum atomic E-state index is 13.5. The van der Waals surface area contributed by atoms with Gasteiger partial charge in [0.2, 0.25) is 0 Å². The molecule has 0 atom stereocenters. The van der Waals surface area contributed by atoms with Crippen molar-refractivity contribution < 1.29 is 8.81 Å². The van der Waals surface area contributed by atoms with Gasteiger partial charge in [-0.25, -0.2) is 9.37 Å². The van der Waals surface area contributed by atoms with E-state index in [4.69, 9.17) is 9.40 Å². The number of rotatable bonds is 6. The summed E-state index contributed by atoms with van der Waals surface area (Å²) in [5.41, 5.74) is 5.31. The lowest BCUT2D eigenvalue weighted by Gasteiger charge is -2.31. The summed E-state index contributed by atoms with van der Waals surface area (Å²) in [4.78, 5) is 20.8. The number of likely N-dealkylation sites (tertiary alicyclic amines) is 1. The molecule has 0 bridgehead atoms. The average molecular weight is 482 g/mol. The molecule has 0 aliphatic carbocycles. The van der Waals surface area contributed by atoms with Crippen LogP contribution < -0.4 is 5.56 Å². The Morgan fingerprint density at radius 2 is 1.81 bits per heavy atom. The Morgan fingerprint density at radius 1 is 1.00 bits per heavy atom. The van der Waals surface area contributed by atoms with Gasteiger partial charge in [0.15, 0.2) is 0 Å². The van der Waals surface area contributed by atoms with E-state index in [-0.39, 0.29) is 11.4 Å². The largest absolute Gasteiger partial charge is 0.464 e. The summed E-state index contributed by atoms with van der Waals surface area (Å²) >= 11 is 0. The Kier molecular flexibility index (Phi) is 6.11. The number of furan rings is 1. The molecule has 1 aliphatic heterocycles. The van der Waals surface area contributed by atoms with Gasteiger partial charge in [-0.05, 0) is 68.1 Å². The van der Waals surface area contributed by atoms with Crippen molar-refractivity contribution in [1.29, 1.82) is 0 Å². The highest BCUT2D eigenvalue weighted by molar-refractivity contribution is 5.81. The van der Waals surface area contributed by atoms with E-state index in [2.05, 4.69) is 17.0 Å². The summed E-state index contributed by atoms with van der Waals surface area (Å²) in [7, 11) is 0. The van der Waals surface area contributed by atoms with Gasteiger partial charge in [-0.15, -0.1) is 0 Å². The van der Waals surface area contributed by atoms with Crippen LogP contribution in [0.3, 0.4) is 0 Å². The van der Waals surface area contributed by atoms with E-state index in [1.807, 2.05) is 42.5 Å². The molecule has 0 saturated carbocycles. The smallest absolute Gasteiger partial charge is 0.261 e. The maximum Gasteiger partial charge on any atom is 0.261 e. The lowest BCUT2D eigenvalue weighted by Crippen LogP contribution is -2.35. The van der Waals surface area contributed by atoms with Gasteiger partial charge < -0.3 is 9.32 Å². The van der Waals surface area contributed by atoms with E-state index in [0.29, 0.717) is 30.0 Å². The third-order valence-electron chi connectivity index (χ3n) is 7.40.